The lowest BCUT2D eigenvalue weighted by Gasteiger charge is -2.24. The van der Waals surface area contributed by atoms with Crippen molar-refractivity contribution in [3.8, 4) is 0 Å². The topological polar surface area (TPSA) is 78.5 Å². The smallest absolute Gasteiger partial charge is 0.261 e. The van der Waals surface area contributed by atoms with Gasteiger partial charge in [-0.1, -0.05) is 6.92 Å². The Hall–Kier alpha value is -2.21. The van der Waals surface area contributed by atoms with Crippen molar-refractivity contribution in [3.05, 3.63) is 29.3 Å². The highest BCUT2D eigenvalue weighted by Crippen LogP contribution is 2.25. The van der Waals surface area contributed by atoms with Gasteiger partial charge in [-0.05, 0) is 38.6 Å². The summed E-state index contributed by atoms with van der Waals surface area (Å²) in [4.78, 5) is 37.0. The first-order valence-electron chi connectivity index (χ1n) is 6.81. The van der Waals surface area contributed by atoms with Crippen LogP contribution in [0.5, 0.6) is 0 Å². The average molecular weight is 289 g/mol. The van der Waals surface area contributed by atoms with E-state index >= 15 is 0 Å². The molecule has 2 N–H and O–H groups in total. The van der Waals surface area contributed by atoms with Crippen LogP contribution >= 0.6 is 0 Å². The fraction of sp³-hybridized carbons (Fsp3) is 0.400. The summed E-state index contributed by atoms with van der Waals surface area (Å²) in [6.07, 6.45) is 0. The molecule has 0 saturated heterocycles. The van der Waals surface area contributed by atoms with Crippen molar-refractivity contribution < 1.29 is 14.4 Å². The Morgan fingerprint density at radius 2 is 1.81 bits per heavy atom. The van der Waals surface area contributed by atoms with E-state index in [4.69, 9.17) is 0 Å². The Morgan fingerprint density at radius 1 is 1.19 bits per heavy atom. The molecule has 1 aliphatic rings. The molecule has 6 heteroatoms. The van der Waals surface area contributed by atoms with E-state index in [0.29, 0.717) is 23.4 Å². The van der Waals surface area contributed by atoms with Crippen LogP contribution in [0.2, 0.25) is 0 Å². The molecule has 0 saturated carbocycles. The summed E-state index contributed by atoms with van der Waals surface area (Å²) in [6.45, 7) is 6.15. The molecule has 3 amide bonds. The lowest BCUT2D eigenvalue weighted by Crippen LogP contribution is -2.49. The standard InChI is InChI=1S/C15H19N3O3/c1-5-16-15(2,3)14(21)17-9-6-7-10-11(8-9)13(20)18(4)12(10)19/h6-8,16H,5H2,1-4H3,(H,17,21). The number of nitrogens with one attached hydrogen (secondary N) is 2. The molecular formula is C15H19N3O3. The van der Waals surface area contributed by atoms with Crippen LogP contribution in [-0.4, -0.2) is 41.8 Å². The number of hydrogen-bond donors (Lipinski definition) is 2. The van der Waals surface area contributed by atoms with Crippen molar-refractivity contribution in [1.82, 2.24) is 10.2 Å². The summed E-state index contributed by atoms with van der Waals surface area (Å²) in [6, 6.07) is 4.73. The molecule has 0 bridgehead atoms. The number of rotatable bonds is 4. The van der Waals surface area contributed by atoms with Gasteiger partial charge in [0.1, 0.15) is 0 Å². The molecule has 0 radical (unpaired) electrons. The fourth-order valence-electron chi connectivity index (χ4n) is 2.25. The van der Waals surface area contributed by atoms with Crippen LogP contribution in [-0.2, 0) is 4.79 Å². The monoisotopic (exact) mass is 289 g/mol. The molecule has 0 unspecified atom stereocenters. The number of carbonyl (C=O) groups excluding carboxylic acids is 3. The number of amides is 3. The highest BCUT2D eigenvalue weighted by atomic mass is 16.2. The van der Waals surface area contributed by atoms with Crippen LogP contribution in [0.25, 0.3) is 0 Å². The van der Waals surface area contributed by atoms with Crippen LogP contribution < -0.4 is 10.6 Å². The van der Waals surface area contributed by atoms with Gasteiger partial charge in [-0.15, -0.1) is 0 Å². The fourth-order valence-corrected chi connectivity index (χ4v) is 2.25. The summed E-state index contributed by atoms with van der Waals surface area (Å²) < 4.78 is 0. The summed E-state index contributed by atoms with van der Waals surface area (Å²) in [7, 11) is 1.44. The van der Waals surface area contributed by atoms with E-state index in [1.54, 1.807) is 32.0 Å². The first-order valence-corrected chi connectivity index (χ1v) is 6.81. The highest BCUT2D eigenvalue weighted by Gasteiger charge is 2.33. The molecule has 1 heterocycles. The number of fused-ring (bicyclic) bond motifs is 1. The molecule has 2 rings (SSSR count). The maximum Gasteiger partial charge on any atom is 0.261 e. The van der Waals surface area contributed by atoms with Gasteiger partial charge in [0.05, 0.1) is 16.7 Å². The van der Waals surface area contributed by atoms with Crippen molar-refractivity contribution in [2.75, 3.05) is 18.9 Å². The van der Waals surface area contributed by atoms with Crippen molar-refractivity contribution in [2.45, 2.75) is 26.3 Å². The van der Waals surface area contributed by atoms with E-state index in [2.05, 4.69) is 10.6 Å². The minimum atomic E-state index is -0.718. The number of nitrogens with zero attached hydrogens (tertiary/aromatic N) is 1. The van der Waals surface area contributed by atoms with Crippen LogP contribution in [0.1, 0.15) is 41.5 Å². The number of hydrogen-bond acceptors (Lipinski definition) is 4. The SMILES string of the molecule is CCNC(C)(C)C(=O)Nc1ccc2c(c1)C(=O)N(C)C2=O. The molecule has 0 fully saturated rings. The third kappa shape index (κ3) is 2.67. The van der Waals surface area contributed by atoms with Gasteiger partial charge in [0.25, 0.3) is 11.8 Å². The predicted molar refractivity (Wildman–Crippen MR) is 79.3 cm³/mol. The lowest BCUT2D eigenvalue weighted by atomic mass is 10.0. The van der Waals surface area contributed by atoms with Gasteiger partial charge in [-0.2, -0.15) is 0 Å². The lowest BCUT2D eigenvalue weighted by molar-refractivity contribution is -0.121. The van der Waals surface area contributed by atoms with E-state index in [1.165, 1.54) is 7.05 Å². The van der Waals surface area contributed by atoms with Crippen LogP contribution in [0, 0.1) is 0 Å². The zero-order chi connectivity index (χ0) is 15.8. The van der Waals surface area contributed by atoms with Gasteiger partial charge in [-0.3, -0.25) is 19.3 Å². The third-order valence-corrected chi connectivity index (χ3v) is 3.53. The Morgan fingerprint density at radius 3 is 2.43 bits per heavy atom. The predicted octanol–water partition coefficient (Wildman–Crippen LogP) is 1.24. The van der Waals surface area contributed by atoms with E-state index in [1.807, 2.05) is 6.92 Å². The first kappa shape index (κ1) is 15.2. The summed E-state index contributed by atoms with van der Waals surface area (Å²) in [5.74, 6) is -0.868. The van der Waals surface area contributed by atoms with Crippen LogP contribution in [0.4, 0.5) is 5.69 Å². The van der Waals surface area contributed by atoms with Gasteiger partial charge in [0, 0.05) is 12.7 Å². The Labute approximate surface area is 123 Å². The second kappa shape index (κ2) is 5.29. The van der Waals surface area contributed by atoms with E-state index < -0.39 is 5.54 Å². The molecule has 21 heavy (non-hydrogen) atoms. The zero-order valence-corrected chi connectivity index (χ0v) is 12.6. The molecule has 1 aromatic carbocycles. The molecule has 1 aliphatic heterocycles. The molecule has 0 aromatic heterocycles. The van der Waals surface area contributed by atoms with Crippen molar-refractivity contribution >= 4 is 23.4 Å². The zero-order valence-electron chi connectivity index (χ0n) is 12.6. The quantitative estimate of drug-likeness (QED) is 0.817. The number of anilines is 1. The van der Waals surface area contributed by atoms with E-state index in [9.17, 15) is 14.4 Å². The van der Waals surface area contributed by atoms with Gasteiger partial charge in [0.2, 0.25) is 5.91 Å². The molecule has 6 nitrogen and oxygen atoms in total. The summed E-state index contributed by atoms with van der Waals surface area (Å²) in [5.41, 5.74) is 0.471. The van der Waals surface area contributed by atoms with E-state index in [0.717, 1.165) is 4.90 Å². The minimum absolute atomic E-state index is 0.200. The average Bonchev–Trinajstić information content (AvgIpc) is 2.64. The Kier molecular flexibility index (Phi) is 3.82. The van der Waals surface area contributed by atoms with Gasteiger partial charge < -0.3 is 10.6 Å². The second-order valence-corrected chi connectivity index (χ2v) is 5.54. The van der Waals surface area contributed by atoms with Gasteiger partial charge >= 0.3 is 0 Å². The number of benzene rings is 1. The summed E-state index contributed by atoms with van der Waals surface area (Å²) >= 11 is 0. The largest absolute Gasteiger partial charge is 0.324 e. The van der Waals surface area contributed by atoms with Gasteiger partial charge in [0.15, 0.2) is 0 Å². The normalized spacial score (nSPS) is 14.4. The Balaban J connectivity index is 2.23. The minimum Gasteiger partial charge on any atom is -0.324 e. The molecule has 0 aliphatic carbocycles. The van der Waals surface area contributed by atoms with Crippen LogP contribution in [0.15, 0.2) is 18.2 Å². The number of likely N-dealkylation sites (N-methyl/N-ethyl adjacent to an activating group) is 1. The molecule has 112 valence electrons. The van der Waals surface area contributed by atoms with E-state index in [-0.39, 0.29) is 17.7 Å². The first-order chi connectivity index (χ1) is 9.77. The van der Waals surface area contributed by atoms with Gasteiger partial charge in [-0.25, -0.2) is 0 Å². The third-order valence-electron chi connectivity index (χ3n) is 3.53. The maximum atomic E-state index is 12.2. The molecular weight excluding hydrogens is 270 g/mol. The van der Waals surface area contributed by atoms with Crippen LogP contribution in [0.3, 0.4) is 0 Å². The molecule has 0 atom stereocenters. The second-order valence-electron chi connectivity index (χ2n) is 5.54. The summed E-state index contributed by atoms with van der Waals surface area (Å²) in [5, 5.41) is 5.84. The molecule has 0 spiro atoms. The van der Waals surface area contributed by atoms with Crippen molar-refractivity contribution in [2.24, 2.45) is 0 Å². The molecule has 1 aromatic rings. The highest BCUT2D eigenvalue weighted by molar-refractivity contribution is 6.21. The Bertz CT molecular complexity index is 623. The maximum absolute atomic E-state index is 12.2. The van der Waals surface area contributed by atoms with Crippen molar-refractivity contribution in [1.29, 1.82) is 0 Å². The number of imide groups is 1. The van der Waals surface area contributed by atoms with Crippen molar-refractivity contribution in [3.63, 3.8) is 0 Å². The number of carbonyl (C=O) groups is 3.